The number of carbonyl (C=O) groups is 1. The molecule has 1 amide bonds. The number of nitrogens with zero attached hydrogens (tertiary/aromatic N) is 2. The summed E-state index contributed by atoms with van der Waals surface area (Å²) in [6, 6.07) is 14.1. The zero-order valence-corrected chi connectivity index (χ0v) is 14.6. The Hall–Kier alpha value is -1.98. The van der Waals surface area contributed by atoms with Crippen molar-refractivity contribution in [1.82, 2.24) is 9.88 Å². The lowest BCUT2D eigenvalue weighted by molar-refractivity contribution is -0.131. The van der Waals surface area contributed by atoms with Crippen LogP contribution >= 0.6 is 22.7 Å². The molecule has 2 heterocycles. The molecule has 0 aliphatic heterocycles. The fourth-order valence-corrected chi connectivity index (χ4v) is 3.85. The monoisotopic (exact) mass is 342 g/mol. The molecule has 0 unspecified atom stereocenters. The van der Waals surface area contributed by atoms with Gasteiger partial charge < -0.3 is 4.90 Å². The number of aromatic nitrogens is 1. The number of hydrogen-bond donors (Lipinski definition) is 0. The van der Waals surface area contributed by atoms with Crippen LogP contribution in [0.3, 0.4) is 0 Å². The maximum Gasteiger partial charge on any atom is 0.228 e. The molecule has 0 bridgehead atoms. The van der Waals surface area contributed by atoms with Crippen LogP contribution in [0.2, 0.25) is 0 Å². The van der Waals surface area contributed by atoms with Crippen molar-refractivity contribution in [2.45, 2.75) is 26.4 Å². The average molecular weight is 342 g/mol. The lowest BCUT2D eigenvalue weighted by Crippen LogP contribution is -2.31. The molecule has 23 heavy (non-hydrogen) atoms. The third kappa shape index (κ3) is 4.27. The Bertz CT molecular complexity index is 750. The number of benzene rings is 1. The van der Waals surface area contributed by atoms with Crippen molar-refractivity contribution in [3.63, 3.8) is 0 Å². The summed E-state index contributed by atoms with van der Waals surface area (Å²) in [7, 11) is 0. The summed E-state index contributed by atoms with van der Waals surface area (Å²) in [6.45, 7) is 3.24. The largest absolute Gasteiger partial charge is 0.333 e. The van der Waals surface area contributed by atoms with Crippen LogP contribution in [0.5, 0.6) is 0 Å². The predicted octanol–water partition coefficient (Wildman–Crippen LogP) is 4.28. The van der Waals surface area contributed by atoms with Gasteiger partial charge >= 0.3 is 0 Å². The Kier molecular flexibility index (Phi) is 5.20. The Balaban J connectivity index is 1.77. The zero-order chi connectivity index (χ0) is 16.1. The molecular weight excluding hydrogens is 324 g/mol. The van der Waals surface area contributed by atoms with E-state index < -0.39 is 0 Å². The Morgan fingerprint density at radius 1 is 1.09 bits per heavy atom. The first-order chi connectivity index (χ1) is 11.2. The Morgan fingerprint density at radius 2 is 1.91 bits per heavy atom. The second-order valence-electron chi connectivity index (χ2n) is 5.35. The molecule has 1 aromatic carbocycles. The van der Waals surface area contributed by atoms with E-state index in [2.05, 4.69) is 17.1 Å². The van der Waals surface area contributed by atoms with Crippen LogP contribution in [0, 0.1) is 6.92 Å². The van der Waals surface area contributed by atoms with E-state index >= 15 is 0 Å². The summed E-state index contributed by atoms with van der Waals surface area (Å²) in [4.78, 5) is 21.2. The molecule has 5 heteroatoms. The normalized spacial score (nSPS) is 10.7. The highest BCUT2D eigenvalue weighted by atomic mass is 32.1. The number of thiazole rings is 1. The molecule has 118 valence electrons. The van der Waals surface area contributed by atoms with E-state index in [1.54, 1.807) is 22.7 Å². The van der Waals surface area contributed by atoms with E-state index in [4.69, 9.17) is 0 Å². The number of amides is 1. The molecule has 0 N–H and O–H groups in total. The van der Waals surface area contributed by atoms with E-state index in [9.17, 15) is 4.79 Å². The first kappa shape index (κ1) is 15.9. The van der Waals surface area contributed by atoms with E-state index in [-0.39, 0.29) is 5.91 Å². The molecule has 0 saturated carbocycles. The SMILES string of the molecule is Cc1ncsc1CN(Cc1ccccc1)C(=O)Cc1cccs1. The van der Waals surface area contributed by atoms with Crippen LogP contribution in [0.4, 0.5) is 0 Å². The summed E-state index contributed by atoms with van der Waals surface area (Å²) in [5, 5.41) is 2.01. The Morgan fingerprint density at radius 3 is 2.57 bits per heavy atom. The van der Waals surface area contributed by atoms with E-state index in [0.29, 0.717) is 19.5 Å². The summed E-state index contributed by atoms with van der Waals surface area (Å²) < 4.78 is 0. The van der Waals surface area contributed by atoms with Gasteiger partial charge in [0.1, 0.15) is 0 Å². The topological polar surface area (TPSA) is 33.2 Å². The summed E-state index contributed by atoms with van der Waals surface area (Å²) >= 11 is 3.24. The van der Waals surface area contributed by atoms with Gasteiger partial charge in [0, 0.05) is 16.3 Å². The van der Waals surface area contributed by atoms with E-state index in [1.807, 2.05) is 53.0 Å². The minimum absolute atomic E-state index is 0.157. The molecule has 0 radical (unpaired) electrons. The van der Waals surface area contributed by atoms with Gasteiger partial charge in [0.25, 0.3) is 0 Å². The standard InChI is InChI=1S/C18H18N2OS2/c1-14-17(23-13-19-14)12-20(11-15-6-3-2-4-7-15)18(21)10-16-8-5-9-22-16/h2-9,13H,10-12H2,1H3. The molecule has 3 rings (SSSR count). The highest BCUT2D eigenvalue weighted by Gasteiger charge is 2.17. The second-order valence-corrected chi connectivity index (χ2v) is 7.32. The van der Waals surface area contributed by atoms with Gasteiger partial charge in [-0.1, -0.05) is 36.4 Å². The second kappa shape index (κ2) is 7.53. The van der Waals surface area contributed by atoms with Crippen molar-refractivity contribution in [1.29, 1.82) is 0 Å². The first-order valence-electron chi connectivity index (χ1n) is 7.45. The third-order valence-electron chi connectivity index (χ3n) is 3.65. The number of thiophene rings is 1. The number of aryl methyl sites for hydroxylation is 1. The van der Waals surface area contributed by atoms with Crippen LogP contribution in [-0.4, -0.2) is 15.8 Å². The van der Waals surface area contributed by atoms with Crippen molar-refractivity contribution in [2.24, 2.45) is 0 Å². The third-order valence-corrected chi connectivity index (χ3v) is 5.45. The van der Waals surface area contributed by atoms with Gasteiger partial charge in [0.05, 0.1) is 24.2 Å². The lowest BCUT2D eigenvalue weighted by Gasteiger charge is -2.22. The maximum atomic E-state index is 12.8. The summed E-state index contributed by atoms with van der Waals surface area (Å²) in [5.74, 6) is 0.157. The van der Waals surface area contributed by atoms with Crippen molar-refractivity contribution in [3.05, 3.63) is 74.4 Å². The quantitative estimate of drug-likeness (QED) is 0.670. The van der Waals surface area contributed by atoms with Crippen LogP contribution in [0.25, 0.3) is 0 Å². The maximum absolute atomic E-state index is 12.8. The number of carbonyl (C=O) groups excluding carboxylic acids is 1. The lowest BCUT2D eigenvalue weighted by atomic mass is 10.2. The summed E-state index contributed by atoms with van der Waals surface area (Å²) in [6.07, 6.45) is 0.461. The zero-order valence-electron chi connectivity index (χ0n) is 12.9. The molecule has 3 nitrogen and oxygen atoms in total. The molecule has 3 aromatic rings. The predicted molar refractivity (Wildman–Crippen MR) is 95.6 cm³/mol. The highest BCUT2D eigenvalue weighted by Crippen LogP contribution is 2.19. The Labute approximate surface area is 144 Å². The minimum Gasteiger partial charge on any atom is -0.333 e. The van der Waals surface area contributed by atoms with E-state index in [0.717, 1.165) is 21.0 Å². The van der Waals surface area contributed by atoms with Crippen molar-refractivity contribution >= 4 is 28.6 Å². The molecular formula is C18H18N2OS2. The number of rotatable bonds is 6. The van der Waals surface area contributed by atoms with Gasteiger partial charge in [-0.2, -0.15) is 0 Å². The van der Waals surface area contributed by atoms with Gasteiger partial charge in [-0.05, 0) is 23.9 Å². The van der Waals surface area contributed by atoms with Crippen LogP contribution in [0.15, 0.2) is 53.4 Å². The highest BCUT2D eigenvalue weighted by molar-refractivity contribution is 7.10. The molecule has 0 aliphatic carbocycles. The average Bonchev–Trinajstić information content (AvgIpc) is 3.20. The molecule has 0 saturated heterocycles. The molecule has 2 aromatic heterocycles. The smallest absolute Gasteiger partial charge is 0.228 e. The van der Waals surface area contributed by atoms with Crippen molar-refractivity contribution in [2.75, 3.05) is 0 Å². The van der Waals surface area contributed by atoms with Crippen LogP contribution in [0.1, 0.15) is 21.0 Å². The van der Waals surface area contributed by atoms with Gasteiger partial charge in [-0.3, -0.25) is 4.79 Å². The van der Waals surface area contributed by atoms with Gasteiger partial charge in [0.2, 0.25) is 5.91 Å². The molecule has 0 fully saturated rings. The van der Waals surface area contributed by atoms with Crippen LogP contribution < -0.4 is 0 Å². The molecule has 0 spiro atoms. The minimum atomic E-state index is 0.157. The van der Waals surface area contributed by atoms with Crippen LogP contribution in [-0.2, 0) is 24.3 Å². The van der Waals surface area contributed by atoms with Crippen molar-refractivity contribution < 1.29 is 4.79 Å². The van der Waals surface area contributed by atoms with Gasteiger partial charge in [-0.25, -0.2) is 4.98 Å². The first-order valence-corrected chi connectivity index (χ1v) is 9.21. The molecule has 0 aliphatic rings. The van der Waals surface area contributed by atoms with E-state index in [1.165, 1.54) is 0 Å². The fourth-order valence-electron chi connectivity index (χ4n) is 2.36. The number of hydrogen-bond acceptors (Lipinski definition) is 4. The summed E-state index contributed by atoms with van der Waals surface area (Å²) in [5.41, 5.74) is 4.00. The van der Waals surface area contributed by atoms with Gasteiger partial charge in [-0.15, -0.1) is 22.7 Å². The molecule has 0 atom stereocenters. The fraction of sp³-hybridized carbons (Fsp3) is 0.222. The van der Waals surface area contributed by atoms with Crippen molar-refractivity contribution in [3.8, 4) is 0 Å². The van der Waals surface area contributed by atoms with Gasteiger partial charge in [0.15, 0.2) is 0 Å².